The first kappa shape index (κ1) is 10.7. The molecule has 7 heteroatoms. The Bertz CT molecular complexity index is 413. The SMILES string of the molecule is COC(=O)[C@H]1[C@@H](C(=O)N=[N+]=[N-])[C@@H]2C=C[C@H]1O2. The number of hydrogen-bond acceptors (Lipinski definition) is 4. The molecule has 0 aromatic rings. The largest absolute Gasteiger partial charge is 0.469 e. The maximum Gasteiger partial charge on any atom is 0.312 e. The van der Waals surface area contributed by atoms with Crippen molar-refractivity contribution in [1.82, 2.24) is 0 Å². The zero-order valence-corrected chi connectivity index (χ0v) is 8.44. The van der Waals surface area contributed by atoms with Gasteiger partial charge < -0.3 is 9.47 Å². The van der Waals surface area contributed by atoms with Crippen LogP contribution in [0.1, 0.15) is 0 Å². The van der Waals surface area contributed by atoms with Crippen LogP contribution in [0.5, 0.6) is 0 Å². The fraction of sp³-hybridized carbons (Fsp3) is 0.556. The van der Waals surface area contributed by atoms with Crippen LogP contribution in [-0.4, -0.2) is 31.2 Å². The highest BCUT2D eigenvalue weighted by molar-refractivity contribution is 5.88. The highest BCUT2D eigenvalue weighted by atomic mass is 16.5. The van der Waals surface area contributed by atoms with E-state index in [4.69, 9.17) is 10.3 Å². The van der Waals surface area contributed by atoms with Crippen molar-refractivity contribution in [2.24, 2.45) is 17.0 Å². The molecular formula is C9H9N3O4. The van der Waals surface area contributed by atoms with Crippen molar-refractivity contribution in [3.8, 4) is 0 Å². The number of carbonyl (C=O) groups excluding carboxylic acids is 2. The molecule has 1 fully saturated rings. The molecule has 2 bridgehead atoms. The lowest BCUT2D eigenvalue weighted by molar-refractivity contribution is -0.149. The lowest BCUT2D eigenvalue weighted by atomic mass is 9.82. The summed E-state index contributed by atoms with van der Waals surface area (Å²) >= 11 is 0. The summed E-state index contributed by atoms with van der Waals surface area (Å²) in [5, 5.41) is 3.01. The maximum absolute atomic E-state index is 11.5. The predicted octanol–water partition coefficient (Wildman–Crippen LogP) is 0.566. The molecule has 0 aromatic heterocycles. The molecule has 0 unspecified atom stereocenters. The van der Waals surface area contributed by atoms with Gasteiger partial charge in [0, 0.05) is 4.91 Å². The van der Waals surface area contributed by atoms with Gasteiger partial charge in [0.2, 0.25) is 5.91 Å². The number of ether oxygens (including phenoxy) is 2. The van der Waals surface area contributed by atoms with Crippen LogP contribution in [0.2, 0.25) is 0 Å². The number of hydrogen-bond donors (Lipinski definition) is 0. The summed E-state index contributed by atoms with van der Waals surface area (Å²) in [7, 11) is 1.24. The number of azide groups is 1. The van der Waals surface area contributed by atoms with E-state index in [0.717, 1.165) is 0 Å². The molecule has 0 aromatic carbocycles. The van der Waals surface area contributed by atoms with Gasteiger partial charge in [-0.25, -0.2) is 0 Å². The average Bonchev–Trinajstić information content (AvgIpc) is 2.87. The second-order valence-corrected chi connectivity index (χ2v) is 3.55. The van der Waals surface area contributed by atoms with E-state index in [1.165, 1.54) is 7.11 Å². The minimum Gasteiger partial charge on any atom is -0.469 e. The van der Waals surface area contributed by atoms with E-state index < -0.39 is 35.9 Å². The van der Waals surface area contributed by atoms with Crippen molar-refractivity contribution in [1.29, 1.82) is 0 Å². The van der Waals surface area contributed by atoms with Gasteiger partial charge in [-0.15, -0.1) is 0 Å². The van der Waals surface area contributed by atoms with Crippen molar-refractivity contribution in [3.05, 3.63) is 22.6 Å². The number of methoxy groups -OCH3 is 1. The van der Waals surface area contributed by atoms with Gasteiger partial charge in [-0.2, -0.15) is 0 Å². The summed E-state index contributed by atoms with van der Waals surface area (Å²) in [6, 6.07) is 0. The van der Waals surface area contributed by atoms with Crippen molar-refractivity contribution in [3.63, 3.8) is 0 Å². The summed E-state index contributed by atoms with van der Waals surface area (Å²) in [5.74, 6) is -2.69. The quantitative estimate of drug-likeness (QED) is 0.224. The molecule has 0 spiro atoms. The van der Waals surface area contributed by atoms with Gasteiger partial charge in [0.05, 0.1) is 31.2 Å². The van der Waals surface area contributed by atoms with Crippen molar-refractivity contribution in [2.45, 2.75) is 12.2 Å². The van der Waals surface area contributed by atoms with Gasteiger partial charge in [0.15, 0.2) is 0 Å². The van der Waals surface area contributed by atoms with Gasteiger partial charge in [0.25, 0.3) is 0 Å². The Kier molecular flexibility index (Phi) is 2.64. The van der Waals surface area contributed by atoms with E-state index in [-0.39, 0.29) is 0 Å². The summed E-state index contributed by atoms with van der Waals surface area (Å²) in [6.45, 7) is 0. The standard InChI is InChI=1S/C9H9N3O4/c1-15-9(14)7-5-3-2-4(16-5)6(7)8(13)11-12-10/h2-7H,1H3/t4-,5+,6-,7+/m0/s1. The van der Waals surface area contributed by atoms with Gasteiger partial charge in [-0.3, -0.25) is 9.59 Å². The lowest BCUT2D eigenvalue weighted by Crippen LogP contribution is -2.36. The molecule has 2 aliphatic rings. The van der Waals surface area contributed by atoms with Crippen molar-refractivity contribution >= 4 is 11.9 Å². The van der Waals surface area contributed by atoms with E-state index in [1.54, 1.807) is 12.2 Å². The predicted molar refractivity (Wildman–Crippen MR) is 51.0 cm³/mol. The normalized spacial score (nSPS) is 34.6. The van der Waals surface area contributed by atoms with E-state index >= 15 is 0 Å². The number of amides is 1. The van der Waals surface area contributed by atoms with Gasteiger partial charge in [-0.05, 0) is 10.6 Å². The Labute approximate surface area is 90.6 Å². The Hall–Kier alpha value is -1.85. The summed E-state index contributed by atoms with van der Waals surface area (Å²) < 4.78 is 9.98. The van der Waals surface area contributed by atoms with E-state index in [0.29, 0.717) is 0 Å². The lowest BCUT2D eigenvalue weighted by Gasteiger charge is -2.19. The molecule has 0 saturated carbocycles. The van der Waals surface area contributed by atoms with Crippen LogP contribution in [-0.2, 0) is 19.1 Å². The van der Waals surface area contributed by atoms with Crippen molar-refractivity contribution < 1.29 is 19.1 Å². The highest BCUT2D eigenvalue weighted by Crippen LogP contribution is 2.40. The smallest absolute Gasteiger partial charge is 0.312 e. The van der Waals surface area contributed by atoms with Gasteiger partial charge in [0.1, 0.15) is 0 Å². The number of nitrogens with zero attached hydrogens (tertiary/aromatic N) is 3. The fourth-order valence-electron chi connectivity index (χ4n) is 2.13. The second kappa shape index (κ2) is 3.96. The van der Waals surface area contributed by atoms with Crippen LogP contribution in [0.25, 0.3) is 10.4 Å². The zero-order valence-electron chi connectivity index (χ0n) is 8.44. The highest BCUT2D eigenvalue weighted by Gasteiger charge is 2.53. The third kappa shape index (κ3) is 1.46. The van der Waals surface area contributed by atoms with Crippen LogP contribution >= 0.6 is 0 Å². The van der Waals surface area contributed by atoms with Gasteiger partial charge >= 0.3 is 5.97 Å². The van der Waals surface area contributed by atoms with Crippen LogP contribution in [0, 0.1) is 11.8 Å². The first-order valence-electron chi connectivity index (χ1n) is 4.69. The maximum atomic E-state index is 11.5. The molecule has 16 heavy (non-hydrogen) atoms. The Balaban J connectivity index is 2.28. The summed E-state index contributed by atoms with van der Waals surface area (Å²) in [5.41, 5.74) is 8.21. The van der Waals surface area contributed by atoms with Crippen LogP contribution in [0.4, 0.5) is 0 Å². The Morgan fingerprint density at radius 3 is 2.56 bits per heavy atom. The summed E-state index contributed by atoms with van der Waals surface area (Å²) in [4.78, 5) is 25.5. The number of esters is 1. The molecule has 2 aliphatic heterocycles. The topological polar surface area (TPSA) is 101 Å². The number of fused-ring (bicyclic) bond motifs is 2. The molecular weight excluding hydrogens is 214 g/mol. The van der Waals surface area contributed by atoms with E-state index in [1.807, 2.05) is 0 Å². The minimum atomic E-state index is -0.765. The van der Waals surface area contributed by atoms with Crippen LogP contribution in [0.3, 0.4) is 0 Å². The third-order valence-corrected chi connectivity index (χ3v) is 2.80. The molecule has 0 N–H and O–H groups in total. The zero-order chi connectivity index (χ0) is 11.7. The molecule has 4 atom stereocenters. The molecule has 1 amide bonds. The van der Waals surface area contributed by atoms with Crippen LogP contribution < -0.4 is 0 Å². The first-order valence-corrected chi connectivity index (χ1v) is 4.69. The minimum absolute atomic E-state index is 0.458. The van der Waals surface area contributed by atoms with E-state index in [9.17, 15) is 9.59 Å². The average molecular weight is 223 g/mol. The van der Waals surface area contributed by atoms with Crippen molar-refractivity contribution in [2.75, 3.05) is 7.11 Å². The summed E-state index contributed by atoms with van der Waals surface area (Å²) in [6.07, 6.45) is 2.46. The van der Waals surface area contributed by atoms with E-state index in [2.05, 4.69) is 14.8 Å². The molecule has 2 rings (SSSR count). The van der Waals surface area contributed by atoms with Crippen LogP contribution in [0.15, 0.2) is 17.3 Å². The molecule has 84 valence electrons. The third-order valence-electron chi connectivity index (χ3n) is 2.80. The fourth-order valence-corrected chi connectivity index (χ4v) is 2.13. The number of carbonyl (C=O) groups is 2. The Morgan fingerprint density at radius 2 is 2.00 bits per heavy atom. The number of rotatable bonds is 2. The first-order chi connectivity index (χ1) is 7.69. The monoisotopic (exact) mass is 223 g/mol. The molecule has 0 aliphatic carbocycles. The Morgan fingerprint density at radius 1 is 1.38 bits per heavy atom. The molecule has 1 saturated heterocycles. The second-order valence-electron chi connectivity index (χ2n) is 3.55. The molecule has 7 nitrogen and oxygen atoms in total. The van der Waals surface area contributed by atoms with Gasteiger partial charge in [-0.1, -0.05) is 12.2 Å². The molecule has 2 heterocycles. The molecule has 0 radical (unpaired) electrons.